The van der Waals surface area contributed by atoms with Gasteiger partial charge in [0.1, 0.15) is 5.75 Å². The van der Waals surface area contributed by atoms with Crippen molar-refractivity contribution in [1.29, 1.82) is 0 Å². The van der Waals surface area contributed by atoms with Gasteiger partial charge in [0.15, 0.2) is 0 Å². The molecule has 0 heterocycles. The van der Waals surface area contributed by atoms with Crippen LogP contribution >= 0.6 is 0 Å². The van der Waals surface area contributed by atoms with Gasteiger partial charge < -0.3 is 10.5 Å². The highest BCUT2D eigenvalue weighted by atomic mass is 16.5. The average molecular weight is 247 g/mol. The van der Waals surface area contributed by atoms with Gasteiger partial charge in [-0.05, 0) is 31.7 Å². The number of hydrogen-bond acceptors (Lipinski definition) is 2. The predicted molar refractivity (Wildman–Crippen MR) is 75.7 cm³/mol. The SMILES string of the molecule is COc1ccccc1C(C)(N)C1CCCCCC1. The molecule has 100 valence electrons. The van der Waals surface area contributed by atoms with E-state index in [1.807, 2.05) is 12.1 Å². The Balaban J connectivity index is 2.27. The van der Waals surface area contributed by atoms with E-state index >= 15 is 0 Å². The highest BCUT2D eigenvalue weighted by molar-refractivity contribution is 5.39. The van der Waals surface area contributed by atoms with E-state index in [0.717, 1.165) is 11.3 Å². The number of para-hydroxylation sites is 1. The van der Waals surface area contributed by atoms with Crippen molar-refractivity contribution >= 4 is 0 Å². The quantitative estimate of drug-likeness (QED) is 0.824. The van der Waals surface area contributed by atoms with Crippen molar-refractivity contribution in [3.63, 3.8) is 0 Å². The largest absolute Gasteiger partial charge is 0.496 e. The van der Waals surface area contributed by atoms with Crippen LogP contribution in [0.4, 0.5) is 0 Å². The Morgan fingerprint density at radius 3 is 2.33 bits per heavy atom. The third-order valence-electron chi connectivity index (χ3n) is 4.39. The lowest BCUT2D eigenvalue weighted by atomic mass is 9.76. The van der Waals surface area contributed by atoms with Crippen LogP contribution in [0, 0.1) is 5.92 Å². The van der Waals surface area contributed by atoms with Gasteiger partial charge in [-0.1, -0.05) is 43.9 Å². The topological polar surface area (TPSA) is 35.2 Å². The summed E-state index contributed by atoms with van der Waals surface area (Å²) in [7, 11) is 1.72. The molecule has 2 nitrogen and oxygen atoms in total. The van der Waals surface area contributed by atoms with Crippen LogP contribution in [-0.4, -0.2) is 7.11 Å². The zero-order chi connectivity index (χ0) is 13.0. The molecular weight excluding hydrogens is 222 g/mol. The second-order valence-corrected chi connectivity index (χ2v) is 5.67. The Labute approximate surface area is 111 Å². The maximum Gasteiger partial charge on any atom is 0.123 e. The van der Waals surface area contributed by atoms with Crippen molar-refractivity contribution in [3.8, 4) is 5.75 Å². The third kappa shape index (κ3) is 2.69. The number of rotatable bonds is 3. The van der Waals surface area contributed by atoms with E-state index in [1.54, 1.807) is 7.11 Å². The molecule has 1 unspecified atom stereocenters. The summed E-state index contributed by atoms with van der Waals surface area (Å²) < 4.78 is 5.47. The molecule has 18 heavy (non-hydrogen) atoms. The molecule has 1 aromatic rings. The van der Waals surface area contributed by atoms with Gasteiger partial charge >= 0.3 is 0 Å². The van der Waals surface area contributed by atoms with Crippen molar-refractivity contribution in [2.45, 2.75) is 51.0 Å². The lowest BCUT2D eigenvalue weighted by Crippen LogP contribution is -2.41. The van der Waals surface area contributed by atoms with Crippen LogP contribution in [0.15, 0.2) is 24.3 Å². The van der Waals surface area contributed by atoms with Crippen LogP contribution in [-0.2, 0) is 5.54 Å². The van der Waals surface area contributed by atoms with Crippen LogP contribution in [0.1, 0.15) is 51.0 Å². The molecule has 2 N–H and O–H groups in total. The maximum atomic E-state index is 6.68. The molecule has 1 aliphatic rings. The van der Waals surface area contributed by atoms with Crippen LogP contribution in [0.5, 0.6) is 5.75 Å². The number of methoxy groups -OCH3 is 1. The molecule has 1 saturated carbocycles. The molecule has 0 radical (unpaired) electrons. The standard InChI is InChI=1S/C16H25NO/c1-16(17,13-9-5-3-4-6-10-13)14-11-7-8-12-15(14)18-2/h7-8,11-13H,3-6,9-10,17H2,1-2H3. The van der Waals surface area contributed by atoms with E-state index in [9.17, 15) is 0 Å². The average Bonchev–Trinajstić information content (AvgIpc) is 2.68. The monoisotopic (exact) mass is 247 g/mol. The molecule has 2 heteroatoms. The predicted octanol–water partition coefficient (Wildman–Crippen LogP) is 3.84. The summed E-state index contributed by atoms with van der Waals surface area (Å²) >= 11 is 0. The van der Waals surface area contributed by atoms with Crippen LogP contribution in [0.3, 0.4) is 0 Å². The fraction of sp³-hybridized carbons (Fsp3) is 0.625. The summed E-state index contributed by atoms with van der Waals surface area (Å²) in [6.45, 7) is 2.17. The molecular formula is C16H25NO. The fourth-order valence-corrected chi connectivity index (χ4v) is 3.19. The van der Waals surface area contributed by atoms with E-state index in [0.29, 0.717) is 5.92 Å². The Morgan fingerprint density at radius 2 is 1.72 bits per heavy atom. The molecule has 1 atom stereocenters. The molecule has 1 fully saturated rings. The van der Waals surface area contributed by atoms with Crippen molar-refractivity contribution in [2.24, 2.45) is 11.7 Å². The van der Waals surface area contributed by atoms with Crippen LogP contribution < -0.4 is 10.5 Å². The number of benzene rings is 1. The van der Waals surface area contributed by atoms with Crippen molar-refractivity contribution in [1.82, 2.24) is 0 Å². The second kappa shape index (κ2) is 5.75. The zero-order valence-electron chi connectivity index (χ0n) is 11.6. The van der Waals surface area contributed by atoms with E-state index in [1.165, 1.54) is 38.5 Å². The summed E-state index contributed by atoms with van der Waals surface area (Å²) in [5, 5.41) is 0. The molecule has 1 aromatic carbocycles. The van der Waals surface area contributed by atoms with Gasteiger partial charge in [0.25, 0.3) is 0 Å². The molecule has 1 aliphatic carbocycles. The first-order valence-electron chi connectivity index (χ1n) is 7.08. The first kappa shape index (κ1) is 13.4. The fourth-order valence-electron chi connectivity index (χ4n) is 3.19. The lowest BCUT2D eigenvalue weighted by Gasteiger charge is -2.35. The lowest BCUT2D eigenvalue weighted by molar-refractivity contribution is 0.259. The molecule has 2 rings (SSSR count). The van der Waals surface area contributed by atoms with E-state index < -0.39 is 0 Å². The summed E-state index contributed by atoms with van der Waals surface area (Å²) in [5.41, 5.74) is 7.55. The first-order chi connectivity index (χ1) is 8.66. The first-order valence-corrected chi connectivity index (χ1v) is 7.08. The summed E-state index contributed by atoms with van der Waals surface area (Å²) in [4.78, 5) is 0. The summed E-state index contributed by atoms with van der Waals surface area (Å²) in [6, 6.07) is 8.19. The van der Waals surface area contributed by atoms with Gasteiger partial charge in [-0.2, -0.15) is 0 Å². The van der Waals surface area contributed by atoms with Crippen molar-refractivity contribution in [3.05, 3.63) is 29.8 Å². The molecule has 0 amide bonds. The molecule has 0 aromatic heterocycles. The molecule has 0 aliphatic heterocycles. The van der Waals surface area contributed by atoms with Crippen molar-refractivity contribution in [2.75, 3.05) is 7.11 Å². The van der Waals surface area contributed by atoms with Gasteiger partial charge in [-0.3, -0.25) is 0 Å². The third-order valence-corrected chi connectivity index (χ3v) is 4.39. The van der Waals surface area contributed by atoms with E-state index in [4.69, 9.17) is 10.5 Å². The van der Waals surface area contributed by atoms with Crippen LogP contribution in [0.2, 0.25) is 0 Å². The Kier molecular flexibility index (Phi) is 4.28. The van der Waals surface area contributed by atoms with Crippen LogP contribution in [0.25, 0.3) is 0 Å². The number of ether oxygens (including phenoxy) is 1. The normalized spacial score (nSPS) is 21.1. The molecule has 0 bridgehead atoms. The number of hydrogen-bond donors (Lipinski definition) is 1. The molecule has 0 spiro atoms. The second-order valence-electron chi connectivity index (χ2n) is 5.67. The Morgan fingerprint density at radius 1 is 1.11 bits per heavy atom. The highest BCUT2D eigenvalue weighted by Crippen LogP contribution is 2.39. The maximum absolute atomic E-state index is 6.68. The minimum atomic E-state index is -0.281. The van der Waals surface area contributed by atoms with Gasteiger partial charge in [0.2, 0.25) is 0 Å². The zero-order valence-corrected chi connectivity index (χ0v) is 11.6. The van der Waals surface area contributed by atoms with E-state index in [-0.39, 0.29) is 5.54 Å². The van der Waals surface area contributed by atoms with Gasteiger partial charge in [-0.15, -0.1) is 0 Å². The minimum absolute atomic E-state index is 0.281. The highest BCUT2D eigenvalue weighted by Gasteiger charge is 2.34. The Bertz CT molecular complexity index is 378. The molecule has 0 saturated heterocycles. The van der Waals surface area contributed by atoms with Gasteiger partial charge in [0.05, 0.1) is 7.11 Å². The van der Waals surface area contributed by atoms with Gasteiger partial charge in [-0.25, -0.2) is 0 Å². The smallest absolute Gasteiger partial charge is 0.123 e. The van der Waals surface area contributed by atoms with E-state index in [2.05, 4.69) is 19.1 Å². The van der Waals surface area contributed by atoms with Gasteiger partial charge in [0, 0.05) is 11.1 Å². The summed E-state index contributed by atoms with van der Waals surface area (Å²) in [6.07, 6.45) is 7.83. The number of nitrogens with two attached hydrogens (primary N) is 1. The Hall–Kier alpha value is -1.02. The summed E-state index contributed by atoms with van der Waals surface area (Å²) in [5.74, 6) is 1.49. The van der Waals surface area contributed by atoms with Crippen molar-refractivity contribution < 1.29 is 4.74 Å². The minimum Gasteiger partial charge on any atom is -0.496 e.